The van der Waals surface area contributed by atoms with Gasteiger partial charge in [0.2, 0.25) is 5.91 Å². The predicted octanol–water partition coefficient (Wildman–Crippen LogP) is 2.16. The zero-order valence-electron chi connectivity index (χ0n) is 12.9. The lowest BCUT2D eigenvalue weighted by Gasteiger charge is -2.12. The Morgan fingerprint density at radius 1 is 1.09 bits per heavy atom. The molecule has 1 aromatic heterocycles. The van der Waals surface area contributed by atoms with Gasteiger partial charge in [0.15, 0.2) is 11.5 Å². The van der Waals surface area contributed by atoms with Crippen LogP contribution in [0.2, 0.25) is 0 Å². The lowest BCUT2D eigenvalue weighted by Crippen LogP contribution is -2.41. The number of hydrogen-bond donors (Lipinski definition) is 2. The maximum Gasteiger partial charge on any atom is 0.279 e. The zero-order valence-corrected chi connectivity index (χ0v) is 13.7. The summed E-state index contributed by atoms with van der Waals surface area (Å²) in [5, 5.41) is 1.80. The number of para-hydroxylation sites is 1. The minimum Gasteiger partial charge on any atom is -0.493 e. The summed E-state index contributed by atoms with van der Waals surface area (Å²) in [6.45, 7) is 0. The summed E-state index contributed by atoms with van der Waals surface area (Å²) >= 11 is 1.31. The highest BCUT2D eigenvalue weighted by atomic mass is 32.1. The Kier molecular flexibility index (Phi) is 5.99. The molecular weight excluding hydrogens is 316 g/mol. The Morgan fingerprint density at radius 2 is 1.91 bits per heavy atom. The number of nitrogens with one attached hydrogen (secondary N) is 2. The van der Waals surface area contributed by atoms with Crippen molar-refractivity contribution in [2.75, 3.05) is 14.2 Å². The third-order valence-electron chi connectivity index (χ3n) is 3.17. The van der Waals surface area contributed by atoms with E-state index in [-0.39, 0.29) is 18.2 Å². The van der Waals surface area contributed by atoms with E-state index in [1.54, 1.807) is 37.8 Å². The molecule has 0 aliphatic rings. The summed E-state index contributed by atoms with van der Waals surface area (Å²) in [4.78, 5) is 24.1. The van der Waals surface area contributed by atoms with Crippen LogP contribution in [0.4, 0.5) is 0 Å². The van der Waals surface area contributed by atoms with Crippen molar-refractivity contribution in [2.45, 2.75) is 12.8 Å². The van der Waals surface area contributed by atoms with Crippen molar-refractivity contribution < 1.29 is 19.1 Å². The average molecular weight is 334 g/mol. The second-order valence-corrected chi connectivity index (χ2v) is 5.58. The molecule has 0 saturated carbocycles. The highest BCUT2D eigenvalue weighted by molar-refractivity contribution is 7.12. The minimum absolute atomic E-state index is 0.217. The molecular formula is C16H18N2O4S. The quantitative estimate of drug-likeness (QED) is 0.794. The van der Waals surface area contributed by atoms with Gasteiger partial charge in [0.25, 0.3) is 5.91 Å². The standard InChI is InChI=1S/C16H18N2O4S/c1-21-12-6-3-5-11(15(12)22-2)8-9-14(19)17-18-16(20)13-7-4-10-23-13/h3-7,10H,8-9H2,1-2H3,(H,17,19)(H,18,20). The van der Waals surface area contributed by atoms with Gasteiger partial charge >= 0.3 is 0 Å². The highest BCUT2D eigenvalue weighted by Crippen LogP contribution is 2.31. The maximum absolute atomic E-state index is 11.9. The molecule has 1 aromatic carbocycles. The third kappa shape index (κ3) is 4.46. The number of methoxy groups -OCH3 is 2. The molecule has 122 valence electrons. The van der Waals surface area contributed by atoms with Crippen LogP contribution in [0.25, 0.3) is 0 Å². The summed E-state index contributed by atoms with van der Waals surface area (Å²) in [6, 6.07) is 8.97. The molecule has 0 saturated heterocycles. The molecule has 1 heterocycles. The number of hydrogen-bond acceptors (Lipinski definition) is 5. The fourth-order valence-corrected chi connectivity index (χ4v) is 2.68. The van der Waals surface area contributed by atoms with Crippen molar-refractivity contribution in [3.05, 3.63) is 46.2 Å². The molecule has 23 heavy (non-hydrogen) atoms. The largest absolute Gasteiger partial charge is 0.493 e. The van der Waals surface area contributed by atoms with E-state index in [4.69, 9.17) is 9.47 Å². The molecule has 0 atom stereocenters. The summed E-state index contributed by atoms with van der Waals surface area (Å²) in [7, 11) is 3.12. The van der Waals surface area contributed by atoms with Gasteiger partial charge in [-0.05, 0) is 29.5 Å². The van der Waals surface area contributed by atoms with Crippen molar-refractivity contribution in [1.82, 2.24) is 10.9 Å². The van der Waals surface area contributed by atoms with Crippen molar-refractivity contribution in [3.8, 4) is 11.5 Å². The zero-order chi connectivity index (χ0) is 16.7. The van der Waals surface area contributed by atoms with E-state index in [1.165, 1.54) is 11.3 Å². The smallest absolute Gasteiger partial charge is 0.279 e. The molecule has 2 aromatic rings. The van der Waals surface area contributed by atoms with Gasteiger partial charge in [-0.2, -0.15) is 0 Å². The SMILES string of the molecule is COc1cccc(CCC(=O)NNC(=O)c2cccs2)c1OC. The number of carbonyl (C=O) groups excluding carboxylic acids is 2. The van der Waals surface area contributed by atoms with Crippen LogP contribution >= 0.6 is 11.3 Å². The molecule has 7 heteroatoms. The van der Waals surface area contributed by atoms with E-state index >= 15 is 0 Å². The lowest BCUT2D eigenvalue weighted by atomic mass is 10.1. The lowest BCUT2D eigenvalue weighted by molar-refractivity contribution is -0.121. The number of thiophene rings is 1. The average Bonchev–Trinajstić information content (AvgIpc) is 3.11. The minimum atomic E-state index is -0.327. The number of rotatable bonds is 6. The highest BCUT2D eigenvalue weighted by Gasteiger charge is 2.12. The van der Waals surface area contributed by atoms with Crippen molar-refractivity contribution >= 4 is 23.2 Å². The van der Waals surface area contributed by atoms with E-state index < -0.39 is 0 Å². The Bertz CT molecular complexity index is 671. The van der Waals surface area contributed by atoms with E-state index in [0.717, 1.165) is 5.56 Å². The first-order valence-corrected chi connectivity index (χ1v) is 7.86. The normalized spacial score (nSPS) is 10.0. The van der Waals surface area contributed by atoms with E-state index in [1.807, 2.05) is 12.1 Å². The summed E-state index contributed by atoms with van der Waals surface area (Å²) < 4.78 is 10.5. The Morgan fingerprint density at radius 3 is 2.57 bits per heavy atom. The molecule has 0 radical (unpaired) electrons. The molecule has 0 aliphatic heterocycles. The molecule has 2 amide bonds. The van der Waals surface area contributed by atoms with Crippen LogP contribution in [0.5, 0.6) is 11.5 Å². The van der Waals surface area contributed by atoms with E-state index in [9.17, 15) is 9.59 Å². The molecule has 0 spiro atoms. The topological polar surface area (TPSA) is 76.7 Å². The number of ether oxygens (including phenoxy) is 2. The molecule has 2 N–H and O–H groups in total. The van der Waals surface area contributed by atoms with Crippen LogP contribution in [0.15, 0.2) is 35.7 Å². The second kappa shape index (κ2) is 8.19. The molecule has 2 rings (SSSR count). The van der Waals surface area contributed by atoms with Gasteiger partial charge in [-0.25, -0.2) is 0 Å². The van der Waals surface area contributed by atoms with E-state index in [2.05, 4.69) is 10.9 Å². The van der Waals surface area contributed by atoms with Gasteiger partial charge in [-0.1, -0.05) is 18.2 Å². The number of amides is 2. The van der Waals surface area contributed by atoms with E-state index in [0.29, 0.717) is 22.8 Å². The number of carbonyl (C=O) groups is 2. The summed E-state index contributed by atoms with van der Waals surface area (Å²) in [5.74, 6) is 0.633. The van der Waals surface area contributed by atoms with Crippen molar-refractivity contribution in [3.63, 3.8) is 0 Å². The fourth-order valence-electron chi connectivity index (χ4n) is 2.06. The predicted molar refractivity (Wildman–Crippen MR) is 87.8 cm³/mol. The van der Waals surface area contributed by atoms with Crippen molar-refractivity contribution in [1.29, 1.82) is 0 Å². The van der Waals surface area contributed by atoms with Crippen LogP contribution in [-0.4, -0.2) is 26.0 Å². The van der Waals surface area contributed by atoms with Crippen LogP contribution < -0.4 is 20.3 Å². The van der Waals surface area contributed by atoms with Gasteiger partial charge in [0, 0.05) is 6.42 Å². The van der Waals surface area contributed by atoms with Crippen LogP contribution in [0.3, 0.4) is 0 Å². The number of hydrazine groups is 1. The second-order valence-electron chi connectivity index (χ2n) is 4.63. The van der Waals surface area contributed by atoms with Crippen molar-refractivity contribution in [2.24, 2.45) is 0 Å². The molecule has 0 bridgehead atoms. The molecule has 0 aliphatic carbocycles. The number of benzene rings is 1. The Labute approximate surface area is 138 Å². The van der Waals surface area contributed by atoms with Crippen LogP contribution in [0.1, 0.15) is 21.7 Å². The molecule has 0 unspecified atom stereocenters. The van der Waals surface area contributed by atoms with Gasteiger partial charge in [0.1, 0.15) is 0 Å². The summed E-state index contributed by atoms with van der Waals surface area (Å²) in [6.07, 6.45) is 0.690. The summed E-state index contributed by atoms with van der Waals surface area (Å²) in [5.41, 5.74) is 5.66. The first-order chi connectivity index (χ1) is 11.2. The maximum atomic E-state index is 11.9. The Hall–Kier alpha value is -2.54. The Balaban J connectivity index is 1.86. The van der Waals surface area contributed by atoms with Gasteiger partial charge in [-0.3, -0.25) is 20.4 Å². The fraction of sp³-hybridized carbons (Fsp3) is 0.250. The molecule has 0 fully saturated rings. The monoisotopic (exact) mass is 334 g/mol. The third-order valence-corrected chi connectivity index (χ3v) is 4.03. The number of aryl methyl sites for hydroxylation is 1. The van der Waals surface area contributed by atoms with Gasteiger partial charge in [-0.15, -0.1) is 11.3 Å². The van der Waals surface area contributed by atoms with Gasteiger partial charge < -0.3 is 9.47 Å². The van der Waals surface area contributed by atoms with Gasteiger partial charge in [0.05, 0.1) is 19.1 Å². The van der Waals surface area contributed by atoms with Crippen LogP contribution in [-0.2, 0) is 11.2 Å². The first kappa shape index (κ1) is 16.8. The van der Waals surface area contributed by atoms with Crippen LogP contribution in [0, 0.1) is 0 Å². The molecule has 6 nitrogen and oxygen atoms in total. The first-order valence-electron chi connectivity index (χ1n) is 6.98.